The first-order chi connectivity index (χ1) is 7.10. The molecule has 88 valence electrons. The van der Waals surface area contributed by atoms with E-state index in [2.05, 4.69) is 6.58 Å². The summed E-state index contributed by atoms with van der Waals surface area (Å²) in [7, 11) is 1.73. The predicted molar refractivity (Wildman–Crippen MR) is 62.9 cm³/mol. The van der Waals surface area contributed by atoms with Crippen LogP contribution < -0.4 is 0 Å². The summed E-state index contributed by atoms with van der Waals surface area (Å²) in [6.07, 6.45) is 7.11. The van der Waals surface area contributed by atoms with Crippen molar-refractivity contribution in [3.63, 3.8) is 0 Å². The number of rotatable bonds is 4. The summed E-state index contributed by atoms with van der Waals surface area (Å²) in [5.41, 5.74) is 0.721. The summed E-state index contributed by atoms with van der Waals surface area (Å²) in [5.74, 6) is 0. The molecule has 1 aliphatic rings. The maximum atomic E-state index is 10.2. The van der Waals surface area contributed by atoms with E-state index in [4.69, 9.17) is 4.74 Å². The van der Waals surface area contributed by atoms with Gasteiger partial charge < -0.3 is 9.84 Å². The van der Waals surface area contributed by atoms with E-state index in [0.29, 0.717) is 6.42 Å². The molecule has 15 heavy (non-hydrogen) atoms. The SMILES string of the molecule is C=C(C)CC(O)C1(OC)CCCCCC1. The zero-order chi connectivity index (χ0) is 11.3. The molecule has 1 fully saturated rings. The van der Waals surface area contributed by atoms with Crippen LogP contribution in [0.2, 0.25) is 0 Å². The van der Waals surface area contributed by atoms with E-state index in [1.54, 1.807) is 7.11 Å². The fraction of sp³-hybridized carbons (Fsp3) is 0.846. The maximum absolute atomic E-state index is 10.2. The number of hydrogen-bond acceptors (Lipinski definition) is 2. The number of methoxy groups -OCH3 is 1. The molecule has 0 heterocycles. The Kier molecular flexibility index (Phi) is 4.81. The molecule has 2 heteroatoms. The summed E-state index contributed by atoms with van der Waals surface area (Å²) < 4.78 is 5.63. The molecule has 0 radical (unpaired) electrons. The van der Waals surface area contributed by atoms with Crippen LogP contribution in [0.15, 0.2) is 12.2 Å². The quantitative estimate of drug-likeness (QED) is 0.573. The number of ether oxygens (including phenoxy) is 1. The van der Waals surface area contributed by atoms with Crippen molar-refractivity contribution in [2.45, 2.75) is 63.6 Å². The average Bonchev–Trinajstić information content (AvgIpc) is 2.42. The molecule has 0 amide bonds. The Labute approximate surface area is 93.3 Å². The molecule has 0 aromatic carbocycles. The van der Waals surface area contributed by atoms with Crippen molar-refractivity contribution < 1.29 is 9.84 Å². The lowest BCUT2D eigenvalue weighted by Crippen LogP contribution is -2.43. The third kappa shape index (κ3) is 3.32. The third-order valence-corrected chi connectivity index (χ3v) is 3.51. The van der Waals surface area contributed by atoms with E-state index in [1.807, 2.05) is 6.92 Å². The number of aliphatic hydroxyl groups is 1. The van der Waals surface area contributed by atoms with Crippen LogP contribution in [0.4, 0.5) is 0 Å². The third-order valence-electron chi connectivity index (χ3n) is 3.51. The van der Waals surface area contributed by atoms with Crippen LogP contribution in [-0.2, 0) is 4.74 Å². The zero-order valence-corrected chi connectivity index (χ0v) is 10.1. The van der Waals surface area contributed by atoms with Gasteiger partial charge in [-0.05, 0) is 26.2 Å². The van der Waals surface area contributed by atoms with Gasteiger partial charge in [0.05, 0.1) is 11.7 Å². The highest BCUT2D eigenvalue weighted by Gasteiger charge is 2.37. The highest BCUT2D eigenvalue weighted by molar-refractivity contribution is 4.99. The van der Waals surface area contributed by atoms with Gasteiger partial charge in [0.1, 0.15) is 0 Å². The van der Waals surface area contributed by atoms with Gasteiger partial charge >= 0.3 is 0 Å². The summed E-state index contributed by atoms with van der Waals surface area (Å²) in [4.78, 5) is 0. The molecule has 2 nitrogen and oxygen atoms in total. The molecule has 1 unspecified atom stereocenters. The molecule has 1 aliphatic carbocycles. The molecule has 1 rings (SSSR count). The van der Waals surface area contributed by atoms with E-state index < -0.39 is 6.10 Å². The van der Waals surface area contributed by atoms with Gasteiger partial charge in [-0.3, -0.25) is 0 Å². The second-order valence-electron chi connectivity index (χ2n) is 4.86. The van der Waals surface area contributed by atoms with Crippen LogP contribution in [-0.4, -0.2) is 23.9 Å². The van der Waals surface area contributed by atoms with E-state index in [0.717, 1.165) is 18.4 Å². The molecule has 0 aliphatic heterocycles. The molecule has 1 saturated carbocycles. The molecule has 1 atom stereocenters. The van der Waals surface area contributed by atoms with E-state index >= 15 is 0 Å². The van der Waals surface area contributed by atoms with Gasteiger partial charge in [-0.2, -0.15) is 0 Å². The molecular weight excluding hydrogens is 188 g/mol. The Morgan fingerprint density at radius 3 is 2.27 bits per heavy atom. The fourth-order valence-corrected chi connectivity index (χ4v) is 2.52. The molecule has 0 spiro atoms. The summed E-state index contributed by atoms with van der Waals surface area (Å²) in [6.45, 7) is 5.82. The lowest BCUT2D eigenvalue weighted by Gasteiger charge is -2.36. The second-order valence-corrected chi connectivity index (χ2v) is 4.86. The molecular formula is C13H24O2. The van der Waals surface area contributed by atoms with Gasteiger partial charge in [0.25, 0.3) is 0 Å². The van der Waals surface area contributed by atoms with Gasteiger partial charge in [0, 0.05) is 7.11 Å². The first-order valence-corrected chi connectivity index (χ1v) is 5.98. The van der Waals surface area contributed by atoms with Gasteiger partial charge in [-0.25, -0.2) is 0 Å². The Bertz CT molecular complexity index is 203. The van der Waals surface area contributed by atoms with E-state index in [9.17, 15) is 5.11 Å². The number of hydrogen-bond donors (Lipinski definition) is 1. The van der Waals surface area contributed by atoms with E-state index in [-0.39, 0.29) is 5.60 Å². The minimum absolute atomic E-state index is 0.310. The predicted octanol–water partition coefficient (Wildman–Crippen LogP) is 3.05. The minimum atomic E-state index is -0.391. The molecule has 0 saturated heterocycles. The van der Waals surface area contributed by atoms with Gasteiger partial charge in [0.15, 0.2) is 0 Å². The first-order valence-electron chi connectivity index (χ1n) is 5.98. The van der Waals surface area contributed by atoms with Crippen molar-refractivity contribution in [2.75, 3.05) is 7.11 Å². The van der Waals surface area contributed by atoms with E-state index in [1.165, 1.54) is 25.7 Å². The Hall–Kier alpha value is -0.340. The summed E-state index contributed by atoms with van der Waals surface area (Å²) in [6, 6.07) is 0. The Balaban J connectivity index is 2.67. The fourth-order valence-electron chi connectivity index (χ4n) is 2.52. The van der Waals surface area contributed by atoms with Gasteiger partial charge in [-0.1, -0.05) is 31.3 Å². The molecule has 0 bridgehead atoms. The van der Waals surface area contributed by atoms with Crippen molar-refractivity contribution in [1.82, 2.24) is 0 Å². The monoisotopic (exact) mass is 212 g/mol. The molecule has 1 N–H and O–H groups in total. The van der Waals surface area contributed by atoms with Gasteiger partial charge in [0.2, 0.25) is 0 Å². The molecule has 0 aromatic rings. The van der Waals surface area contributed by atoms with Crippen LogP contribution in [0.25, 0.3) is 0 Å². The van der Waals surface area contributed by atoms with Crippen LogP contribution >= 0.6 is 0 Å². The van der Waals surface area contributed by atoms with Gasteiger partial charge in [-0.15, -0.1) is 6.58 Å². The summed E-state index contributed by atoms with van der Waals surface area (Å²) in [5, 5.41) is 10.2. The topological polar surface area (TPSA) is 29.5 Å². The Morgan fingerprint density at radius 2 is 1.87 bits per heavy atom. The Morgan fingerprint density at radius 1 is 1.33 bits per heavy atom. The standard InChI is InChI=1S/C13H24O2/c1-11(2)10-12(14)13(15-3)8-6-4-5-7-9-13/h12,14H,1,4-10H2,2-3H3. The van der Waals surface area contributed by atoms with Crippen molar-refractivity contribution >= 4 is 0 Å². The highest BCUT2D eigenvalue weighted by atomic mass is 16.5. The lowest BCUT2D eigenvalue weighted by atomic mass is 9.85. The normalized spacial score (nSPS) is 23.1. The number of aliphatic hydroxyl groups excluding tert-OH is 1. The van der Waals surface area contributed by atoms with Crippen LogP contribution in [0.5, 0.6) is 0 Å². The second kappa shape index (κ2) is 5.66. The lowest BCUT2D eigenvalue weighted by molar-refractivity contribution is -0.111. The highest BCUT2D eigenvalue weighted by Crippen LogP contribution is 2.34. The van der Waals surface area contributed by atoms with Crippen molar-refractivity contribution in [3.05, 3.63) is 12.2 Å². The van der Waals surface area contributed by atoms with Crippen molar-refractivity contribution in [3.8, 4) is 0 Å². The van der Waals surface area contributed by atoms with Crippen LogP contribution in [0.3, 0.4) is 0 Å². The smallest absolute Gasteiger partial charge is 0.0939 e. The van der Waals surface area contributed by atoms with Crippen LogP contribution in [0.1, 0.15) is 51.9 Å². The van der Waals surface area contributed by atoms with Crippen molar-refractivity contribution in [1.29, 1.82) is 0 Å². The molecule has 0 aromatic heterocycles. The largest absolute Gasteiger partial charge is 0.390 e. The minimum Gasteiger partial charge on any atom is -0.390 e. The zero-order valence-electron chi connectivity index (χ0n) is 10.1. The van der Waals surface area contributed by atoms with Crippen LogP contribution in [0, 0.1) is 0 Å². The average molecular weight is 212 g/mol. The van der Waals surface area contributed by atoms with Crippen molar-refractivity contribution in [2.24, 2.45) is 0 Å². The maximum Gasteiger partial charge on any atom is 0.0939 e. The summed E-state index contributed by atoms with van der Waals surface area (Å²) >= 11 is 0. The first kappa shape index (κ1) is 12.7.